The van der Waals surface area contributed by atoms with Gasteiger partial charge in [0, 0.05) is 25.4 Å². The molecule has 0 aliphatic carbocycles. The van der Waals surface area contributed by atoms with Crippen molar-refractivity contribution >= 4 is 5.97 Å². The van der Waals surface area contributed by atoms with Crippen molar-refractivity contribution in [1.82, 2.24) is 4.90 Å². The second-order valence-electron chi connectivity index (χ2n) is 3.56. The van der Waals surface area contributed by atoms with Crippen LogP contribution in [0.2, 0.25) is 0 Å². The van der Waals surface area contributed by atoms with E-state index in [4.69, 9.17) is 0 Å². The molecule has 74 valence electrons. The van der Waals surface area contributed by atoms with Crippen LogP contribution in [-0.2, 0) is 9.53 Å². The summed E-state index contributed by atoms with van der Waals surface area (Å²) < 4.78 is 4.45. The fraction of sp³-hybridized carbons (Fsp3) is 0.667. The Morgan fingerprint density at radius 2 is 2.38 bits per heavy atom. The van der Waals surface area contributed by atoms with Crippen LogP contribution in [0, 0.1) is 0 Å². The SMILES string of the molecule is COC(=O)/C=C/N1CCC(C)(O)C1. The predicted octanol–water partition coefficient (Wildman–Crippen LogP) is 0.130. The molecule has 0 spiro atoms. The van der Waals surface area contributed by atoms with Crippen molar-refractivity contribution in [2.75, 3.05) is 20.2 Å². The third-order valence-electron chi connectivity index (χ3n) is 2.10. The lowest BCUT2D eigenvalue weighted by atomic mass is 10.1. The molecular weight excluding hydrogens is 170 g/mol. The van der Waals surface area contributed by atoms with Crippen LogP contribution in [0.1, 0.15) is 13.3 Å². The molecule has 13 heavy (non-hydrogen) atoms. The molecule has 0 aromatic rings. The molecule has 1 atom stereocenters. The van der Waals surface area contributed by atoms with Crippen LogP contribution >= 0.6 is 0 Å². The lowest BCUT2D eigenvalue weighted by Gasteiger charge is -2.16. The average molecular weight is 185 g/mol. The smallest absolute Gasteiger partial charge is 0.331 e. The van der Waals surface area contributed by atoms with E-state index < -0.39 is 5.60 Å². The van der Waals surface area contributed by atoms with Crippen molar-refractivity contribution in [3.8, 4) is 0 Å². The van der Waals surface area contributed by atoms with Gasteiger partial charge in [-0.25, -0.2) is 4.79 Å². The summed E-state index contributed by atoms with van der Waals surface area (Å²) in [6.07, 6.45) is 3.76. The summed E-state index contributed by atoms with van der Waals surface area (Å²) in [6.45, 7) is 3.14. The summed E-state index contributed by atoms with van der Waals surface area (Å²) in [5.74, 6) is -0.369. The molecule has 1 unspecified atom stereocenters. The maximum absolute atomic E-state index is 10.7. The number of ether oxygens (including phenoxy) is 1. The second kappa shape index (κ2) is 3.79. The van der Waals surface area contributed by atoms with E-state index in [1.807, 2.05) is 4.90 Å². The Morgan fingerprint density at radius 1 is 1.69 bits per heavy atom. The summed E-state index contributed by atoms with van der Waals surface area (Å²) >= 11 is 0. The van der Waals surface area contributed by atoms with Gasteiger partial charge >= 0.3 is 5.97 Å². The van der Waals surface area contributed by atoms with Crippen molar-refractivity contribution in [2.45, 2.75) is 18.9 Å². The largest absolute Gasteiger partial charge is 0.466 e. The zero-order valence-corrected chi connectivity index (χ0v) is 7.99. The Hall–Kier alpha value is -1.03. The number of rotatable bonds is 2. The number of hydrogen-bond donors (Lipinski definition) is 1. The van der Waals surface area contributed by atoms with Crippen LogP contribution in [-0.4, -0.2) is 41.8 Å². The summed E-state index contributed by atoms with van der Waals surface area (Å²) in [4.78, 5) is 12.6. The molecule has 1 aliphatic rings. The molecule has 1 N–H and O–H groups in total. The summed E-state index contributed by atoms with van der Waals surface area (Å²) in [7, 11) is 1.34. The summed E-state index contributed by atoms with van der Waals surface area (Å²) in [5.41, 5.74) is -0.625. The van der Waals surface area contributed by atoms with E-state index in [-0.39, 0.29) is 5.97 Å². The van der Waals surface area contributed by atoms with E-state index in [2.05, 4.69) is 4.74 Å². The number of nitrogens with zero attached hydrogens (tertiary/aromatic N) is 1. The van der Waals surface area contributed by atoms with Gasteiger partial charge in [0.05, 0.1) is 12.7 Å². The van der Waals surface area contributed by atoms with Gasteiger partial charge in [-0.05, 0) is 13.3 Å². The fourth-order valence-corrected chi connectivity index (χ4v) is 1.34. The first kappa shape index (κ1) is 10.1. The van der Waals surface area contributed by atoms with Crippen LogP contribution in [0.3, 0.4) is 0 Å². The topological polar surface area (TPSA) is 49.8 Å². The number of esters is 1. The first-order chi connectivity index (χ1) is 6.03. The van der Waals surface area contributed by atoms with E-state index in [9.17, 15) is 9.90 Å². The van der Waals surface area contributed by atoms with Crippen molar-refractivity contribution in [3.05, 3.63) is 12.3 Å². The van der Waals surface area contributed by atoms with Crippen molar-refractivity contribution in [2.24, 2.45) is 0 Å². The lowest BCUT2D eigenvalue weighted by Crippen LogP contribution is -2.27. The molecule has 0 radical (unpaired) electrons. The van der Waals surface area contributed by atoms with Crippen LogP contribution in [0.15, 0.2) is 12.3 Å². The van der Waals surface area contributed by atoms with Crippen LogP contribution in [0.4, 0.5) is 0 Å². The van der Waals surface area contributed by atoms with E-state index >= 15 is 0 Å². The third kappa shape index (κ3) is 3.06. The van der Waals surface area contributed by atoms with Crippen molar-refractivity contribution in [3.63, 3.8) is 0 Å². The highest BCUT2D eigenvalue weighted by Crippen LogP contribution is 2.19. The molecule has 1 heterocycles. The zero-order valence-electron chi connectivity index (χ0n) is 7.99. The molecule has 0 amide bonds. The number of aliphatic hydroxyl groups is 1. The molecule has 0 aromatic carbocycles. The molecule has 0 bridgehead atoms. The van der Waals surface area contributed by atoms with Crippen molar-refractivity contribution < 1.29 is 14.6 Å². The molecule has 1 rings (SSSR count). The Labute approximate surface area is 77.8 Å². The average Bonchev–Trinajstić information content (AvgIpc) is 2.41. The molecule has 1 aliphatic heterocycles. The number of carbonyl (C=O) groups excluding carboxylic acids is 1. The maximum Gasteiger partial charge on any atom is 0.331 e. The normalized spacial score (nSPS) is 28.4. The second-order valence-corrected chi connectivity index (χ2v) is 3.56. The highest BCUT2D eigenvalue weighted by molar-refractivity contribution is 5.81. The maximum atomic E-state index is 10.7. The lowest BCUT2D eigenvalue weighted by molar-refractivity contribution is -0.134. The predicted molar refractivity (Wildman–Crippen MR) is 48.0 cm³/mol. The van der Waals surface area contributed by atoms with Gasteiger partial charge in [-0.1, -0.05) is 0 Å². The van der Waals surface area contributed by atoms with Gasteiger partial charge in [-0.15, -0.1) is 0 Å². The Balaban J connectivity index is 2.40. The van der Waals surface area contributed by atoms with Gasteiger partial charge in [0.2, 0.25) is 0 Å². The number of hydrogen-bond acceptors (Lipinski definition) is 4. The Morgan fingerprint density at radius 3 is 2.85 bits per heavy atom. The van der Waals surface area contributed by atoms with Gasteiger partial charge < -0.3 is 14.7 Å². The third-order valence-corrected chi connectivity index (χ3v) is 2.10. The minimum Gasteiger partial charge on any atom is -0.466 e. The molecule has 0 saturated carbocycles. The van der Waals surface area contributed by atoms with Crippen molar-refractivity contribution in [1.29, 1.82) is 0 Å². The summed E-state index contributed by atoms with van der Waals surface area (Å²) in [5, 5.41) is 9.60. The number of β-amino-alcohol motifs (C(OH)–C–C–N with tert-alkyl or cyclic N) is 1. The minimum absolute atomic E-state index is 0.369. The Kier molecular flexibility index (Phi) is 2.93. The highest BCUT2D eigenvalue weighted by Gasteiger charge is 2.29. The Bertz CT molecular complexity index is 223. The molecule has 4 nitrogen and oxygen atoms in total. The fourth-order valence-electron chi connectivity index (χ4n) is 1.34. The van der Waals surface area contributed by atoms with Crippen LogP contribution in [0.25, 0.3) is 0 Å². The van der Waals surface area contributed by atoms with Crippen LogP contribution < -0.4 is 0 Å². The van der Waals surface area contributed by atoms with E-state index in [0.717, 1.165) is 13.0 Å². The van der Waals surface area contributed by atoms with E-state index in [1.165, 1.54) is 13.2 Å². The molecule has 1 saturated heterocycles. The first-order valence-corrected chi connectivity index (χ1v) is 4.26. The first-order valence-electron chi connectivity index (χ1n) is 4.26. The van der Waals surface area contributed by atoms with Gasteiger partial charge in [-0.2, -0.15) is 0 Å². The van der Waals surface area contributed by atoms with Gasteiger partial charge in [-0.3, -0.25) is 0 Å². The van der Waals surface area contributed by atoms with E-state index in [0.29, 0.717) is 6.54 Å². The summed E-state index contributed by atoms with van der Waals surface area (Å²) in [6, 6.07) is 0. The number of methoxy groups -OCH3 is 1. The molecule has 1 fully saturated rings. The number of likely N-dealkylation sites (tertiary alicyclic amines) is 1. The monoisotopic (exact) mass is 185 g/mol. The van der Waals surface area contributed by atoms with Gasteiger partial charge in [0.25, 0.3) is 0 Å². The van der Waals surface area contributed by atoms with E-state index in [1.54, 1.807) is 13.1 Å². The number of carbonyl (C=O) groups is 1. The quantitative estimate of drug-likeness (QED) is 0.490. The molecule has 4 heteroatoms. The molecular formula is C9H15NO3. The van der Waals surface area contributed by atoms with Gasteiger partial charge in [0.15, 0.2) is 0 Å². The highest BCUT2D eigenvalue weighted by atomic mass is 16.5. The zero-order chi connectivity index (χ0) is 9.90. The van der Waals surface area contributed by atoms with Gasteiger partial charge in [0.1, 0.15) is 0 Å². The minimum atomic E-state index is -0.625. The van der Waals surface area contributed by atoms with Crippen LogP contribution in [0.5, 0.6) is 0 Å². The molecule has 0 aromatic heterocycles. The standard InChI is InChI=1S/C9H15NO3/c1-9(12)4-6-10(7-9)5-3-8(11)13-2/h3,5,12H,4,6-7H2,1-2H3/b5-3+.